The standard InChI is InChI=1S/C72H133NO3/c1-3-5-7-9-11-13-15-17-19-21-23-25-27-29-31-33-35-36-38-39-41-43-45-47-49-51-53-55-57-59-61-63-65-67-71(75)70(69-74)73-72(76)68-66-64-62-60-58-56-54-52-50-48-46-44-42-40-37-34-32-30-28-26-24-22-20-18-16-14-12-10-8-6-4-2/h6,8,12,14,18,20,24,26,30,32,65,67,70-71,74-75H,3-5,7,9-11,13,15-17,19,21-23,25,27-29,31,33-64,66,68-69H2,1-2H3,(H,73,76)/b8-6-,14-12-,20-18-,26-24-,32-30-,67-65+. The number of hydrogen-bond acceptors (Lipinski definition) is 3. The molecule has 0 aromatic carbocycles. The van der Waals surface area contributed by atoms with Crippen LogP contribution >= 0.6 is 0 Å². The topological polar surface area (TPSA) is 69.6 Å². The van der Waals surface area contributed by atoms with Crippen LogP contribution in [0.3, 0.4) is 0 Å². The van der Waals surface area contributed by atoms with Crippen molar-refractivity contribution in [2.24, 2.45) is 0 Å². The van der Waals surface area contributed by atoms with E-state index in [4.69, 9.17) is 0 Å². The van der Waals surface area contributed by atoms with Crippen LogP contribution in [0.25, 0.3) is 0 Å². The first-order chi connectivity index (χ1) is 37.7. The highest BCUT2D eigenvalue weighted by atomic mass is 16.3. The lowest BCUT2D eigenvalue weighted by atomic mass is 10.0. The average Bonchev–Trinajstić information content (AvgIpc) is 3.42. The number of unbranched alkanes of at least 4 members (excludes halogenated alkanes) is 46. The average molecular weight is 1060 g/mol. The molecule has 0 saturated carbocycles. The first kappa shape index (κ1) is 73.8. The van der Waals surface area contributed by atoms with Gasteiger partial charge in [-0.05, 0) is 64.2 Å². The summed E-state index contributed by atoms with van der Waals surface area (Å²) in [6.45, 7) is 4.23. The van der Waals surface area contributed by atoms with E-state index in [0.29, 0.717) is 6.42 Å². The fourth-order valence-electron chi connectivity index (χ4n) is 10.6. The zero-order chi connectivity index (χ0) is 54.8. The zero-order valence-corrected chi connectivity index (χ0v) is 51.3. The van der Waals surface area contributed by atoms with Gasteiger partial charge in [-0.15, -0.1) is 0 Å². The van der Waals surface area contributed by atoms with Crippen molar-refractivity contribution in [3.05, 3.63) is 72.9 Å². The van der Waals surface area contributed by atoms with Crippen molar-refractivity contribution in [2.45, 2.75) is 373 Å². The predicted molar refractivity (Wildman–Crippen MR) is 341 cm³/mol. The van der Waals surface area contributed by atoms with Crippen LogP contribution in [0.2, 0.25) is 0 Å². The summed E-state index contributed by atoms with van der Waals surface area (Å²) in [5.41, 5.74) is 0. The van der Waals surface area contributed by atoms with E-state index in [1.807, 2.05) is 6.08 Å². The molecule has 0 spiro atoms. The lowest BCUT2D eigenvalue weighted by molar-refractivity contribution is -0.123. The summed E-state index contributed by atoms with van der Waals surface area (Å²) in [5, 5.41) is 23.3. The maximum atomic E-state index is 12.5. The van der Waals surface area contributed by atoms with Gasteiger partial charge in [0.15, 0.2) is 0 Å². The molecule has 0 fully saturated rings. The zero-order valence-electron chi connectivity index (χ0n) is 51.3. The van der Waals surface area contributed by atoms with E-state index in [1.54, 1.807) is 6.08 Å². The summed E-state index contributed by atoms with van der Waals surface area (Å²) >= 11 is 0. The van der Waals surface area contributed by atoms with E-state index in [1.165, 1.54) is 283 Å². The van der Waals surface area contributed by atoms with Crippen LogP contribution in [0.15, 0.2) is 72.9 Å². The number of hydrogen-bond donors (Lipinski definition) is 3. The molecule has 4 nitrogen and oxygen atoms in total. The van der Waals surface area contributed by atoms with E-state index in [0.717, 1.165) is 57.8 Å². The first-order valence-electron chi connectivity index (χ1n) is 34.2. The molecule has 0 aliphatic rings. The van der Waals surface area contributed by atoms with Crippen molar-refractivity contribution in [1.82, 2.24) is 5.32 Å². The largest absolute Gasteiger partial charge is 0.394 e. The number of aliphatic hydroxyl groups excluding tert-OH is 2. The van der Waals surface area contributed by atoms with E-state index in [2.05, 4.69) is 79.9 Å². The second-order valence-electron chi connectivity index (χ2n) is 23.2. The molecule has 0 rings (SSSR count). The quantitative estimate of drug-likeness (QED) is 0.0420. The van der Waals surface area contributed by atoms with Gasteiger partial charge in [0.25, 0.3) is 0 Å². The monoisotopic (exact) mass is 1060 g/mol. The highest BCUT2D eigenvalue weighted by Crippen LogP contribution is 2.19. The fraction of sp³-hybridized carbons (Fsp3) is 0.819. The summed E-state index contributed by atoms with van der Waals surface area (Å²) in [6.07, 6.45) is 97.0. The maximum Gasteiger partial charge on any atom is 0.220 e. The minimum absolute atomic E-state index is 0.0611. The van der Waals surface area contributed by atoms with Gasteiger partial charge in [0.05, 0.1) is 18.8 Å². The Hall–Kier alpha value is -2.17. The van der Waals surface area contributed by atoms with Crippen molar-refractivity contribution in [2.75, 3.05) is 6.61 Å². The van der Waals surface area contributed by atoms with Crippen LogP contribution in [-0.4, -0.2) is 34.9 Å². The molecule has 76 heavy (non-hydrogen) atoms. The second kappa shape index (κ2) is 67.1. The molecule has 0 saturated heterocycles. The minimum atomic E-state index is -0.844. The second-order valence-corrected chi connectivity index (χ2v) is 23.2. The van der Waals surface area contributed by atoms with Crippen molar-refractivity contribution in [3.63, 3.8) is 0 Å². The third-order valence-corrected chi connectivity index (χ3v) is 15.7. The number of aliphatic hydroxyl groups is 2. The van der Waals surface area contributed by atoms with Gasteiger partial charge >= 0.3 is 0 Å². The summed E-state index contributed by atoms with van der Waals surface area (Å²) in [5.74, 6) is -0.0611. The van der Waals surface area contributed by atoms with Gasteiger partial charge < -0.3 is 15.5 Å². The molecule has 0 aromatic rings. The van der Waals surface area contributed by atoms with Crippen molar-refractivity contribution < 1.29 is 15.0 Å². The molecule has 0 aliphatic carbocycles. The van der Waals surface area contributed by atoms with Crippen LogP contribution in [0.5, 0.6) is 0 Å². The smallest absolute Gasteiger partial charge is 0.220 e. The Kier molecular flexibility index (Phi) is 65.2. The molecule has 4 heteroatoms. The molecule has 444 valence electrons. The summed E-state index contributed by atoms with van der Waals surface area (Å²) in [6, 6.07) is -0.627. The van der Waals surface area contributed by atoms with Crippen LogP contribution < -0.4 is 5.32 Å². The molecule has 2 unspecified atom stereocenters. The van der Waals surface area contributed by atoms with E-state index in [9.17, 15) is 15.0 Å². The van der Waals surface area contributed by atoms with E-state index >= 15 is 0 Å². The van der Waals surface area contributed by atoms with Crippen LogP contribution in [-0.2, 0) is 4.79 Å². The first-order valence-corrected chi connectivity index (χ1v) is 34.2. The molecule has 0 bridgehead atoms. The lowest BCUT2D eigenvalue weighted by Gasteiger charge is -2.20. The molecular formula is C72H133NO3. The molecule has 2 atom stereocenters. The van der Waals surface area contributed by atoms with E-state index in [-0.39, 0.29) is 12.5 Å². The third kappa shape index (κ3) is 62.7. The molecule has 1 amide bonds. The molecular weight excluding hydrogens is 927 g/mol. The number of nitrogens with one attached hydrogen (secondary N) is 1. The van der Waals surface area contributed by atoms with Crippen LogP contribution in [0.4, 0.5) is 0 Å². The Morgan fingerprint density at radius 3 is 0.868 bits per heavy atom. The summed E-state index contributed by atoms with van der Waals surface area (Å²) < 4.78 is 0. The predicted octanol–water partition coefficient (Wildman–Crippen LogP) is 23.3. The number of allylic oxidation sites excluding steroid dienone is 11. The molecule has 0 aliphatic heterocycles. The Bertz CT molecular complexity index is 1290. The Balaban J connectivity index is 3.45. The minimum Gasteiger partial charge on any atom is -0.394 e. The van der Waals surface area contributed by atoms with Gasteiger partial charge in [-0.2, -0.15) is 0 Å². The molecule has 0 aromatic heterocycles. The lowest BCUT2D eigenvalue weighted by Crippen LogP contribution is -2.45. The number of carbonyl (C=O) groups is 1. The number of carbonyl (C=O) groups excluding carboxylic acids is 1. The van der Waals surface area contributed by atoms with Gasteiger partial charge in [-0.1, -0.05) is 363 Å². The SMILES string of the molecule is CC/C=C\C/C=C\C/C=C\C/C=C\C/C=C\CCCCCCCCCCCCCCCCCC(=O)NC(CO)C(O)/C=C/CCCCCCCCCCCCCCCCCCCCCCCCCCCCCCCCC. The van der Waals surface area contributed by atoms with Crippen molar-refractivity contribution in [3.8, 4) is 0 Å². The van der Waals surface area contributed by atoms with Gasteiger partial charge in [0.1, 0.15) is 0 Å². The summed E-state index contributed by atoms with van der Waals surface area (Å²) in [4.78, 5) is 12.5. The van der Waals surface area contributed by atoms with E-state index < -0.39 is 12.1 Å². The Morgan fingerprint density at radius 2 is 0.579 bits per heavy atom. The number of amides is 1. The third-order valence-electron chi connectivity index (χ3n) is 15.7. The van der Waals surface area contributed by atoms with Gasteiger partial charge in [0, 0.05) is 6.42 Å². The summed E-state index contributed by atoms with van der Waals surface area (Å²) in [7, 11) is 0. The van der Waals surface area contributed by atoms with Crippen LogP contribution in [0.1, 0.15) is 361 Å². The maximum absolute atomic E-state index is 12.5. The highest BCUT2D eigenvalue weighted by molar-refractivity contribution is 5.76. The number of rotatable bonds is 63. The van der Waals surface area contributed by atoms with Gasteiger partial charge in [0.2, 0.25) is 5.91 Å². The normalized spacial score (nSPS) is 13.2. The Labute approximate surface area is 476 Å². The molecule has 0 radical (unpaired) electrons. The van der Waals surface area contributed by atoms with Gasteiger partial charge in [-0.25, -0.2) is 0 Å². The fourth-order valence-corrected chi connectivity index (χ4v) is 10.6. The van der Waals surface area contributed by atoms with Crippen LogP contribution in [0, 0.1) is 0 Å². The highest BCUT2D eigenvalue weighted by Gasteiger charge is 2.18. The molecule has 0 heterocycles. The molecule has 3 N–H and O–H groups in total. The van der Waals surface area contributed by atoms with Crippen molar-refractivity contribution in [1.29, 1.82) is 0 Å². The van der Waals surface area contributed by atoms with Crippen molar-refractivity contribution >= 4 is 5.91 Å². The van der Waals surface area contributed by atoms with Gasteiger partial charge in [-0.3, -0.25) is 4.79 Å². The Morgan fingerprint density at radius 1 is 0.329 bits per heavy atom.